The lowest BCUT2D eigenvalue weighted by atomic mass is 10.4. The van der Waals surface area contributed by atoms with Crippen LogP contribution in [0.25, 0.3) is 5.95 Å². The molecule has 0 fully saturated rings. The van der Waals surface area contributed by atoms with Gasteiger partial charge in [-0.2, -0.15) is 33.2 Å². The highest BCUT2D eigenvalue weighted by Gasteiger charge is 2.33. The Morgan fingerprint density at radius 3 is 2.45 bits per heavy atom. The summed E-state index contributed by atoms with van der Waals surface area (Å²) < 4.78 is 38.4. The number of hydrogen-bond donors (Lipinski definition) is 2. The Morgan fingerprint density at radius 2 is 1.95 bits per heavy atom. The molecule has 0 aliphatic carbocycles. The fourth-order valence-corrected chi connectivity index (χ4v) is 1.31. The molecule has 20 heavy (non-hydrogen) atoms. The van der Waals surface area contributed by atoms with E-state index in [9.17, 15) is 13.2 Å². The van der Waals surface area contributed by atoms with E-state index in [1.807, 2.05) is 0 Å². The molecule has 0 unspecified atom stereocenters. The van der Waals surface area contributed by atoms with Gasteiger partial charge in [-0.1, -0.05) is 0 Å². The van der Waals surface area contributed by atoms with Crippen LogP contribution in [0.5, 0.6) is 0 Å². The predicted molar refractivity (Wildman–Crippen MR) is 64.1 cm³/mol. The number of halogens is 3. The third-order valence-electron chi connectivity index (χ3n) is 2.23. The fraction of sp³-hybridized carbons (Fsp3) is 0.333. The summed E-state index contributed by atoms with van der Waals surface area (Å²) in [6, 6.07) is 0.828. The summed E-state index contributed by atoms with van der Waals surface area (Å²) in [5, 5.41) is 3.38. The Balaban J connectivity index is 2.46. The first-order chi connectivity index (χ1) is 9.31. The van der Waals surface area contributed by atoms with Crippen LogP contribution in [0, 0.1) is 0 Å². The molecule has 0 spiro atoms. The second-order valence-corrected chi connectivity index (χ2v) is 3.94. The number of anilines is 2. The van der Waals surface area contributed by atoms with E-state index < -0.39 is 11.9 Å². The number of nitrogens with one attached hydrogen (secondary N) is 1. The topological polar surface area (TPSA) is 97.8 Å². The maximum atomic E-state index is 12.5. The molecule has 0 amide bonds. The van der Waals surface area contributed by atoms with Gasteiger partial charge >= 0.3 is 6.18 Å². The lowest BCUT2D eigenvalue weighted by molar-refractivity contribution is -0.141. The van der Waals surface area contributed by atoms with Gasteiger partial charge in [0, 0.05) is 20.3 Å². The van der Waals surface area contributed by atoms with Crippen molar-refractivity contribution in [3.8, 4) is 5.95 Å². The van der Waals surface area contributed by atoms with Gasteiger partial charge in [0.2, 0.25) is 11.9 Å². The van der Waals surface area contributed by atoms with Crippen LogP contribution in [0.2, 0.25) is 0 Å². The van der Waals surface area contributed by atoms with Crippen molar-refractivity contribution in [2.75, 3.05) is 24.4 Å². The molecule has 0 aliphatic heterocycles. The van der Waals surface area contributed by atoms with Crippen LogP contribution in [-0.4, -0.2) is 38.8 Å². The number of rotatable bonds is 3. The number of nitrogen functional groups attached to an aromatic ring is 1. The fourth-order valence-electron chi connectivity index (χ4n) is 1.31. The monoisotopic (exact) mass is 288 g/mol. The van der Waals surface area contributed by atoms with Gasteiger partial charge in [0.05, 0.1) is 0 Å². The number of alkyl halides is 3. The predicted octanol–water partition coefficient (Wildman–Crippen LogP) is 0.428. The zero-order chi connectivity index (χ0) is 14.9. The molecule has 2 aromatic rings. The molecule has 108 valence electrons. The van der Waals surface area contributed by atoms with Gasteiger partial charge in [-0.15, -0.1) is 0 Å². The van der Waals surface area contributed by atoms with E-state index in [1.54, 1.807) is 19.0 Å². The van der Waals surface area contributed by atoms with Crippen molar-refractivity contribution in [3.63, 3.8) is 0 Å². The number of hydrazine groups is 1. The average Bonchev–Trinajstić information content (AvgIpc) is 2.87. The van der Waals surface area contributed by atoms with E-state index in [1.165, 1.54) is 0 Å². The van der Waals surface area contributed by atoms with Crippen LogP contribution in [-0.2, 0) is 6.18 Å². The molecule has 0 atom stereocenters. The summed E-state index contributed by atoms with van der Waals surface area (Å²) in [6.45, 7) is 0. The van der Waals surface area contributed by atoms with Gasteiger partial charge in [0.1, 0.15) is 0 Å². The van der Waals surface area contributed by atoms with E-state index >= 15 is 0 Å². The van der Waals surface area contributed by atoms with Crippen LogP contribution in [0.1, 0.15) is 5.69 Å². The average molecular weight is 288 g/mol. The largest absolute Gasteiger partial charge is 0.435 e. The summed E-state index contributed by atoms with van der Waals surface area (Å²) in [6.07, 6.45) is -3.42. The summed E-state index contributed by atoms with van der Waals surface area (Å²) in [5.74, 6) is 5.38. The minimum absolute atomic E-state index is 0.0164. The smallest absolute Gasteiger partial charge is 0.347 e. The number of nitrogens with two attached hydrogens (primary N) is 1. The van der Waals surface area contributed by atoms with E-state index in [0.29, 0.717) is 0 Å². The van der Waals surface area contributed by atoms with Gasteiger partial charge in [0.25, 0.3) is 5.95 Å². The van der Waals surface area contributed by atoms with Crippen LogP contribution in [0.3, 0.4) is 0 Å². The lowest BCUT2D eigenvalue weighted by Gasteiger charge is -2.12. The summed E-state index contributed by atoms with van der Waals surface area (Å²) >= 11 is 0. The summed E-state index contributed by atoms with van der Waals surface area (Å²) in [7, 11) is 3.34. The lowest BCUT2D eigenvalue weighted by Crippen LogP contribution is -2.19. The highest BCUT2D eigenvalue weighted by Crippen LogP contribution is 2.27. The van der Waals surface area contributed by atoms with E-state index in [-0.39, 0.29) is 17.8 Å². The second kappa shape index (κ2) is 4.92. The Morgan fingerprint density at radius 1 is 1.25 bits per heavy atom. The molecule has 2 rings (SSSR count). The standard InChI is InChI=1S/C9H11F3N8/c1-19(2)7-14-6(17-13)15-8(16-7)20-4-3-5(18-20)9(10,11)12/h3-4H,13H2,1-2H3,(H,14,15,16,17). The van der Waals surface area contributed by atoms with Crippen molar-refractivity contribution in [2.24, 2.45) is 5.84 Å². The maximum absolute atomic E-state index is 12.5. The highest BCUT2D eigenvalue weighted by molar-refractivity contribution is 5.38. The molecule has 2 heterocycles. The molecule has 0 saturated carbocycles. The first kappa shape index (κ1) is 14.0. The summed E-state index contributed by atoms with van der Waals surface area (Å²) in [4.78, 5) is 13.3. The maximum Gasteiger partial charge on any atom is 0.435 e. The summed E-state index contributed by atoms with van der Waals surface area (Å²) in [5.41, 5.74) is 1.18. The number of nitrogens with zero attached hydrogens (tertiary/aromatic N) is 6. The van der Waals surface area contributed by atoms with E-state index in [0.717, 1.165) is 16.9 Å². The zero-order valence-electron chi connectivity index (χ0n) is 10.5. The zero-order valence-corrected chi connectivity index (χ0v) is 10.5. The molecule has 3 N–H and O–H groups in total. The molecule has 0 radical (unpaired) electrons. The molecule has 0 saturated heterocycles. The van der Waals surface area contributed by atoms with Gasteiger partial charge in [-0.25, -0.2) is 10.5 Å². The Labute approximate surface area is 111 Å². The SMILES string of the molecule is CN(C)c1nc(NN)nc(-n2ccc(C(F)(F)F)n2)n1. The van der Waals surface area contributed by atoms with Crippen molar-refractivity contribution >= 4 is 11.9 Å². The minimum Gasteiger partial charge on any atom is -0.347 e. The molecule has 0 aliphatic rings. The highest BCUT2D eigenvalue weighted by atomic mass is 19.4. The molecule has 0 aromatic carbocycles. The van der Waals surface area contributed by atoms with Crippen molar-refractivity contribution < 1.29 is 13.2 Å². The molecule has 2 aromatic heterocycles. The Kier molecular flexibility index (Phi) is 3.44. The Bertz CT molecular complexity index is 605. The van der Waals surface area contributed by atoms with E-state index in [4.69, 9.17) is 5.84 Å². The van der Waals surface area contributed by atoms with Crippen LogP contribution in [0.15, 0.2) is 12.3 Å². The molecule has 11 heteroatoms. The first-order valence-corrected chi connectivity index (χ1v) is 5.34. The van der Waals surface area contributed by atoms with Crippen LogP contribution < -0.4 is 16.2 Å². The number of aromatic nitrogens is 5. The van der Waals surface area contributed by atoms with Gasteiger partial charge in [-0.3, -0.25) is 5.43 Å². The third kappa shape index (κ3) is 2.77. The molecular weight excluding hydrogens is 277 g/mol. The molecular formula is C9H11F3N8. The van der Waals surface area contributed by atoms with E-state index in [2.05, 4.69) is 25.5 Å². The van der Waals surface area contributed by atoms with Gasteiger partial charge in [0.15, 0.2) is 5.69 Å². The van der Waals surface area contributed by atoms with Gasteiger partial charge < -0.3 is 4.90 Å². The van der Waals surface area contributed by atoms with Crippen molar-refractivity contribution in [3.05, 3.63) is 18.0 Å². The van der Waals surface area contributed by atoms with Gasteiger partial charge in [-0.05, 0) is 6.07 Å². The Hall–Kier alpha value is -2.43. The normalized spacial score (nSPS) is 11.5. The van der Waals surface area contributed by atoms with Crippen LogP contribution >= 0.6 is 0 Å². The first-order valence-electron chi connectivity index (χ1n) is 5.34. The minimum atomic E-state index is -4.53. The molecule has 0 bridgehead atoms. The second-order valence-electron chi connectivity index (χ2n) is 3.94. The van der Waals surface area contributed by atoms with Crippen LogP contribution in [0.4, 0.5) is 25.1 Å². The van der Waals surface area contributed by atoms with Crippen molar-refractivity contribution in [2.45, 2.75) is 6.18 Å². The van der Waals surface area contributed by atoms with Crippen molar-refractivity contribution in [1.82, 2.24) is 24.7 Å². The quantitative estimate of drug-likeness (QED) is 0.624. The third-order valence-corrected chi connectivity index (χ3v) is 2.23. The number of hydrogen-bond acceptors (Lipinski definition) is 7. The van der Waals surface area contributed by atoms with Crippen molar-refractivity contribution in [1.29, 1.82) is 0 Å². The molecule has 8 nitrogen and oxygen atoms in total.